The van der Waals surface area contributed by atoms with E-state index in [-0.39, 0.29) is 5.97 Å². The minimum Gasteiger partial charge on any atom is -0.465 e. The lowest BCUT2D eigenvalue weighted by Gasteiger charge is -2.02. The smallest absolute Gasteiger partial charge is 0.339 e. The molecule has 0 saturated carbocycles. The number of ether oxygens (including phenoxy) is 1. The largest absolute Gasteiger partial charge is 0.465 e. The summed E-state index contributed by atoms with van der Waals surface area (Å²) in [5.41, 5.74) is 2.45. The number of aryl methyl sites for hydroxylation is 1. The van der Waals surface area contributed by atoms with E-state index in [9.17, 15) is 4.79 Å². The van der Waals surface area contributed by atoms with Gasteiger partial charge < -0.3 is 4.74 Å². The number of hydrogen-bond donors (Lipinski definition) is 0. The van der Waals surface area contributed by atoms with Gasteiger partial charge in [0.25, 0.3) is 0 Å². The van der Waals surface area contributed by atoms with E-state index < -0.39 is 0 Å². The molecule has 3 heteroatoms. The number of rotatable bonds is 2. The summed E-state index contributed by atoms with van der Waals surface area (Å²) >= 11 is 1.54. The van der Waals surface area contributed by atoms with Crippen LogP contribution in [0, 0.1) is 6.92 Å². The zero-order valence-electron chi connectivity index (χ0n) is 8.01. The Bertz CT molecular complexity index is 350. The van der Waals surface area contributed by atoms with Gasteiger partial charge in [0.05, 0.1) is 12.7 Å². The second-order valence-corrected chi connectivity index (χ2v) is 3.94. The lowest BCUT2D eigenvalue weighted by atomic mass is 10.1. The summed E-state index contributed by atoms with van der Waals surface area (Å²) in [6.45, 7) is 7.70. The highest BCUT2D eigenvalue weighted by Crippen LogP contribution is 2.27. The molecule has 0 spiro atoms. The molecule has 0 N–H and O–H groups in total. The Hall–Kier alpha value is -1.09. The quantitative estimate of drug-likeness (QED) is 0.680. The number of thiophene rings is 1. The van der Waals surface area contributed by atoms with Crippen LogP contribution >= 0.6 is 11.3 Å². The van der Waals surface area contributed by atoms with E-state index in [4.69, 9.17) is 0 Å². The summed E-state index contributed by atoms with van der Waals surface area (Å²) in [4.78, 5) is 12.4. The molecule has 0 fully saturated rings. The number of carbonyl (C=O) groups excluding carboxylic acids is 1. The molecule has 0 aliphatic carbocycles. The van der Waals surface area contributed by atoms with Crippen molar-refractivity contribution in [3.63, 3.8) is 0 Å². The zero-order chi connectivity index (χ0) is 10.0. The van der Waals surface area contributed by atoms with Crippen LogP contribution in [-0.2, 0) is 4.74 Å². The summed E-state index contributed by atoms with van der Waals surface area (Å²) in [5, 5.41) is 1.81. The van der Waals surface area contributed by atoms with Gasteiger partial charge in [0.1, 0.15) is 0 Å². The molecule has 2 nitrogen and oxygen atoms in total. The number of methoxy groups -OCH3 is 1. The summed E-state index contributed by atoms with van der Waals surface area (Å²) in [7, 11) is 1.39. The van der Waals surface area contributed by atoms with Gasteiger partial charge in [-0.05, 0) is 19.4 Å². The maximum atomic E-state index is 11.3. The van der Waals surface area contributed by atoms with Gasteiger partial charge in [-0.3, -0.25) is 0 Å². The van der Waals surface area contributed by atoms with Gasteiger partial charge in [0, 0.05) is 15.8 Å². The van der Waals surface area contributed by atoms with Crippen LogP contribution in [0.25, 0.3) is 5.57 Å². The lowest BCUT2D eigenvalue weighted by molar-refractivity contribution is 0.0601. The number of allylic oxidation sites excluding steroid dienone is 1. The number of esters is 1. The SMILES string of the molecule is C=C(C)c1c(C(=O)OC)csc1C. The molecule has 1 rings (SSSR count). The molecule has 0 atom stereocenters. The minimum atomic E-state index is -0.289. The van der Waals surface area contributed by atoms with Crippen LogP contribution < -0.4 is 0 Å². The molecule has 0 radical (unpaired) electrons. The van der Waals surface area contributed by atoms with Crippen LogP contribution in [0.15, 0.2) is 12.0 Å². The molecule has 0 aromatic carbocycles. The Morgan fingerprint density at radius 3 is 2.69 bits per heavy atom. The molecule has 0 aliphatic heterocycles. The first-order chi connectivity index (χ1) is 6.07. The molecule has 0 aliphatic rings. The summed E-state index contributed by atoms with van der Waals surface area (Å²) in [6.07, 6.45) is 0. The fourth-order valence-electron chi connectivity index (χ4n) is 1.25. The zero-order valence-corrected chi connectivity index (χ0v) is 8.83. The highest BCUT2D eigenvalue weighted by atomic mass is 32.1. The van der Waals surface area contributed by atoms with Gasteiger partial charge in [-0.2, -0.15) is 0 Å². The third-order valence-electron chi connectivity index (χ3n) is 1.81. The Morgan fingerprint density at radius 2 is 2.23 bits per heavy atom. The Labute approximate surface area is 81.8 Å². The topological polar surface area (TPSA) is 26.3 Å². The van der Waals surface area contributed by atoms with E-state index in [1.54, 1.807) is 11.3 Å². The summed E-state index contributed by atoms with van der Waals surface area (Å²) in [5.74, 6) is -0.289. The molecule has 13 heavy (non-hydrogen) atoms. The van der Waals surface area contributed by atoms with Gasteiger partial charge in [0.2, 0.25) is 0 Å². The van der Waals surface area contributed by atoms with Gasteiger partial charge in [0.15, 0.2) is 0 Å². The van der Waals surface area contributed by atoms with Crippen molar-refractivity contribution in [2.24, 2.45) is 0 Å². The Balaban J connectivity index is 3.22. The van der Waals surface area contributed by atoms with Gasteiger partial charge in [-0.1, -0.05) is 6.58 Å². The van der Waals surface area contributed by atoms with Crippen molar-refractivity contribution in [3.8, 4) is 0 Å². The van der Waals surface area contributed by atoms with E-state index in [1.807, 2.05) is 19.2 Å². The molecule has 1 aromatic rings. The summed E-state index contributed by atoms with van der Waals surface area (Å²) < 4.78 is 4.67. The molecule has 1 aromatic heterocycles. The average molecular weight is 196 g/mol. The predicted molar refractivity (Wildman–Crippen MR) is 55.1 cm³/mol. The second-order valence-electron chi connectivity index (χ2n) is 2.85. The first-order valence-electron chi connectivity index (χ1n) is 3.90. The van der Waals surface area contributed by atoms with Crippen LogP contribution in [0.3, 0.4) is 0 Å². The minimum absolute atomic E-state index is 0.289. The lowest BCUT2D eigenvalue weighted by Crippen LogP contribution is -2.02. The maximum absolute atomic E-state index is 11.3. The molecule has 70 valence electrons. The van der Waals surface area contributed by atoms with Crippen molar-refractivity contribution in [2.75, 3.05) is 7.11 Å². The fraction of sp³-hybridized carbons (Fsp3) is 0.300. The van der Waals surface area contributed by atoms with Crippen molar-refractivity contribution < 1.29 is 9.53 Å². The van der Waals surface area contributed by atoms with Crippen LogP contribution in [-0.4, -0.2) is 13.1 Å². The first kappa shape index (κ1) is 9.99. The standard InChI is InChI=1S/C10H12O2S/c1-6(2)9-7(3)13-5-8(9)10(11)12-4/h5H,1H2,2-4H3. The van der Waals surface area contributed by atoms with Gasteiger partial charge in [-0.15, -0.1) is 11.3 Å². The van der Waals surface area contributed by atoms with Crippen molar-refractivity contribution in [1.29, 1.82) is 0 Å². The molecule has 0 unspecified atom stereocenters. The monoisotopic (exact) mass is 196 g/mol. The van der Waals surface area contributed by atoms with Gasteiger partial charge >= 0.3 is 5.97 Å². The molecule has 0 amide bonds. The van der Waals surface area contributed by atoms with Gasteiger partial charge in [-0.25, -0.2) is 4.79 Å². The van der Waals surface area contributed by atoms with Crippen molar-refractivity contribution in [3.05, 3.63) is 28.0 Å². The molecule has 0 bridgehead atoms. The van der Waals surface area contributed by atoms with Crippen molar-refractivity contribution >= 4 is 22.9 Å². The summed E-state index contributed by atoms with van der Waals surface area (Å²) in [6, 6.07) is 0. The fourth-order valence-corrected chi connectivity index (χ4v) is 2.16. The van der Waals surface area contributed by atoms with Crippen LogP contribution in [0.5, 0.6) is 0 Å². The second kappa shape index (κ2) is 3.75. The number of carbonyl (C=O) groups is 1. The van der Waals surface area contributed by atoms with E-state index in [1.165, 1.54) is 7.11 Å². The van der Waals surface area contributed by atoms with Crippen LogP contribution in [0.1, 0.15) is 27.7 Å². The predicted octanol–water partition coefficient (Wildman–Crippen LogP) is 2.88. The first-order valence-corrected chi connectivity index (χ1v) is 4.78. The maximum Gasteiger partial charge on any atom is 0.339 e. The Kier molecular flexibility index (Phi) is 2.88. The third-order valence-corrected chi connectivity index (χ3v) is 2.72. The third kappa shape index (κ3) is 1.80. The normalized spacial score (nSPS) is 9.77. The van der Waals surface area contributed by atoms with Crippen LogP contribution in [0.2, 0.25) is 0 Å². The highest BCUT2D eigenvalue weighted by Gasteiger charge is 2.15. The molecule has 0 saturated heterocycles. The van der Waals surface area contributed by atoms with Crippen molar-refractivity contribution in [1.82, 2.24) is 0 Å². The number of hydrogen-bond acceptors (Lipinski definition) is 3. The Morgan fingerprint density at radius 1 is 1.62 bits per heavy atom. The highest BCUT2D eigenvalue weighted by molar-refractivity contribution is 7.10. The van der Waals surface area contributed by atoms with E-state index in [2.05, 4.69) is 11.3 Å². The van der Waals surface area contributed by atoms with Crippen molar-refractivity contribution in [2.45, 2.75) is 13.8 Å². The molecule has 1 heterocycles. The average Bonchev–Trinajstić information content (AvgIpc) is 2.45. The van der Waals surface area contributed by atoms with Crippen LogP contribution in [0.4, 0.5) is 0 Å². The molecular formula is C10H12O2S. The van der Waals surface area contributed by atoms with E-state index in [0.29, 0.717) is 5.56 Å². The van der Waals surface area contributed by atoms with E-state index in [0.717, 1.165) is 16.0 Å². The molecular weight excluding hydrogens is 184 g/mol. The van der Waals surface area contributed by atoms with E-state index >= 15 is 0 Å².